The van der Waals surface area contributed by atoms with Gasteiger partial charge in [-0.3, -0.25) is 0 Å². The highest BCUT2D eigenvalue weighted by Crippen LogP contribution is 2.63. The molecule has 0 aromatic carbocycles. The zero-order valence-electron chi connectivity index (χ0n) is 8.40. The van der Waals surface area contributed by atoms with Crippen LogP contribution < -0.4 is 0 Å². The highest BCUT2D eigenvalue weighted by molar-refractivity contribution is 8.23. The molecule has 14 heteroatoms. The summed E-state index contributed by atoms with van der Waals surface area (Å²) in [6.45, 7) is 0. The SMILES string of the molecule is FC(F)(F)C(C(F)(F)F)C(Cl)(SCl)C(F)(F)C(F)(F)F. The molecule has 0 aliphatic rings. The second kappa shape index (κ2) is 5.41. The highest BCUT2D eigenvalue weighted by Gasteiger charge is 2.81. The lowest BCUT2D eigenvalue weighted by Crippen LogP contribution is -2.62. The molecule has 0 nitrogen and oxygen atoms in total. The molecule has 1 atom stereocenters. The average Bonchev–Trinajstić information content (AvgIpc) is 2.10. The summed E-state index contributed by atoms with van der Waals surface area (Å²) in [6, 6.07) is 0. The van der Waals surface area contributed by atoms with E-state index < -0.39 is 45.6 Å². The van der Waals surface area contributed by atoms with Gasteiger partial charge in [-0.1, -0.05) is 11.6 Å². The first-order valence-corrected chi connectivity index (χ1v) is 6.01. The molecule has 0 radical (unpaired) electrons. The number of rotatable bonds is 3. The lowest BCUT2D eigenvalue weighted by molar-refractivity contribution is -0.336. The maximum Gasteiger partial charge on any atom is 0.456 e. The topological polar surface area (TPSA) is 0 Å². The Balaban J connectivity index is 6.20. The Morgan fingerprint density at radius 3 is 1.15 bits per heavy atom. The molecule has 20 heavy (non-hydrogen) atoms. The summed E-state index contributed by atoms with van der Waals surface area (Å²) in [4.78, 5) is 0. The second-order valence-corrected chi connectivity index (χ2v) is 5.39. The summed E-state index contributed by atoms with van der Waals surface area (Å²) in [5.41, 5.74) is 0. The molecule has 0 heterocycles. The van der Waals surface area contributed by atoms with Gasteiger partial charge in [-0.05, 0) is 21.7 Å². The molecule has 0 aliphatic carbocycles. The van der Waals surface area contributed by atoms with E-state index in [1.807, 2.05) is 0 Å². The summed E-state index contributed by atoms with van der Waals surface area (Å²) < 4.78 is 130. The van der Waals surface area contributed by atoms with Crippen molar-refractivity contribution in [1.82, 2.24) is 0 Å². The van der Waals surface area contributed by atoms with Gasteiger partial charge in [-0.25, -0.2) is 0 Å². The molecule has 0 saturated carbocycles. The van der Waals surface area contributed by atoms with Crippen molar-refractivity contribution in [2.24, 2.45) is 5.92 Å². The monoisotopic (exact) mass is 384 g/mol. The standard InChI is InChI=1S/C6HCl2F11S/c7-2(20-8,5(15,16)6(17,18)19)1(3(9,10)11)4(12,13)14/h1H. The van der Waals surface area contributed by atoms with Crippen molar-refractivity contribution in [3.63, 3.8) is 0 Å². The Kier molecular flexibility index (Phi) is 5.46. The molecule has 1 unspecified atom stereocenters. The van der Waals surface area contributed by atoms with Crippen LogP contribution in [0.3, 0.4) is 0 Å². The average molecular weight is 385 g/mol. The van der Waals surface area contributed by atoms with E-state index >= 15 is 0 Å². The van der Waals surface area contributed by atoms with E-state index in [2.05, 4.69) is 22.3 Å². The van der Waals surface area contributed by atoms with Crippen LogP contribution in [-0.2, 0) is 0 Å². The van der Waals surface area contributed by atoms with Crippen LogP contribution in [0.5, 0.6) is 0 Å². The van der Waals surface area contributed by atoms with Gasteiger partial charge in [0.15, 0.2) is 10.1 Å². The third-order valence-electron chi connectivity index (χ3n) is 1.92. The lowest BCUT2D eigenvalue weighted by Gasteiger charge is -2.40. The van der Waals surface area contributed by atoms with Crippen LogP contribution in [0.2, 0.25) is 0 Å². The van der Waals surface area contributed by atoms with Gasteiger partial charge in [-0.2, -0.15) is 48.3 Å². The van der Waals surface area contributed by atoms with E-state index in [0.717, 1.165) is 0 Å². The van der Waals surface area contributed by atoms with Crippen LogP contribution in [0, 0.1) is 5.92 Å². The van der Waals surface area contributed by atoms with Crippen LogP contribution >= 0.6 is 33.3 Å². The third kappa shape index (κ3) is 3.49. The maximum atomic E-state index is 12.9. The molecule has 0 aromatic heterocycles. The molecule has 0 amide bonds. The van der Waals surface area contributed by atoms with Crippen LogP contribution in [0.15, 0.2) is 0 Å². The van der Waals surface area contributed by atoms with E-state index in [9.17, 15) is 48.3 Å². The molecular weight excluding hydrogens is 384 g/mol. The zero-order valence-corrected chi connectivity index (χ0v) is 10.7. The summed E-state index contributed by atoms with van der Waals surface area (Å²) in [5, 5.41) is 0. The van der Waals surface area contributed by atoms with Crippen molar-refractivity contribution >= 4 is 33.3 Å². The van der Waals surface area contributed by atoms with Crippen molar-refractivity contribution in [3.05, 3.63) is 0 Å². The number of hydrogen-bond acceptors (Lipinski definition) is 1. The molecule has 0 saturated heterocycles. The zero-order chi connectivity index (χ0) is 16.8. The Morgan fingerprint density at radius 1 is 0.700 bits per heavy atom. The molecule has 0 aliphatic heterocycles. The van der Waals surface area contributed by atoms with Crippen molar-refractivity contribution < 1.29 is 48.3 Å². The summed E-state index contributed by atoms with van der Waals surface area (Å²) in [7, 11) is 2.81. The van der Waals surface area contributed by atoms with E-state index in [1.165, 1.54) is 0 Å². The van der Waals surface area contributed by atoms with Gasteiger partial charge < -0.3 is 0 Å². The summed E-state index contributed by atoms with van der Waals surface area (Å²) in [6.07, 6.45) is -19.8. The Bertz CT molecular complexity index is 330. The van der Waals surface area contributed by atoms with E-state index in [1.54, 1.807) is 0 Å². The van der Waals surface area contributed by atoms with E-state index in [4.69, 9.17) is 0 Å². The molecule has 0 bridgehead atoms. The molecule has 0 aromatic rings. The van der Waals surface area contributed by atoms with Gasteiger partial charge in [0.2, 0.25) is 0 Å². The normalized spacial score (nSPS) is 18.3. The van der Waals surface area contributed by atoms with Crippen LogP contribution in [-0.4, -0.2) is 28.7 Å². The predicted octanol–water partition coefficient (Wildman–Crippen LogP) is 5.75. The Labute approximate surface area is 117 Å². The van der Waals surface area contributed by atoms with Crippen LogP contribution in [0.25, 0.3) is 0 Å². The summed E-state index contributed by atoms with van der Waals surface area (Å²) >= 11 is 4.36. The molecular formula is C6HCl2F11S. The maximum absolute atomic E-state index is 12.9. The van der Waals surface area contributed by atoms with Gasteiger partial charge in [0.05, 0.1) is 0 Å². The molecule has 0 fully saturated rings. The first-order chi connectivity index (χ1) is 8.43. The van der Waals surface area contributed by atoms with Gasteiger partial charge >= 0.3 is 24.5 Å². The largest absolute Gasteiger partial charge is 0.456 e. The van der Waals surface area contributed by atoms with Gasteiger partial charge in [0.1, 0.15) is 0 Å². The minimum Gasteiger partial charge on any atom is -0.193 e. The highest BCUT2D eigenvalue weighted by atomic mass is 35.7. The molecule has 0 spiro atoms. The first kappa shape index (κ1) is 20.2. The fraction of sp³-hybridized carbons (Fsp3) is 1.00. The van der Waals surface area contributed by atoms with Crippen LogP contribution in [0.4, 0.5) is 48.3 Å². The molecule has 122 valence electrons. The van der Waals surface area contributed by atoms with Crippen molar-refractivity contribution in [3.8, 4) is 0 Å². The fourth-order valence-corrected chi connectivity index (χ4v) is 2.56. The quantitative estimate of drug-likeness (QED) is 0.441. The van der Waals surface area contributed by atoms with Gasteiger partial charge in [0.25, 0.3) is 0 Å². The Hall–Kier alpha value is 0.160. The van der Waals surface area contributed by atoms with Crippen molar-refractivity contribution in [2.45, 2.75) is 28.7 Å². The number of halogens is 13. The van der Waals surface area contributed by atoms with Crippen molar-refractivity contribution in [2.75, 3.05) is 0 Å². The lowest BCUT2D eigenvalue weighted by atomic mass is 9.97. The molecule has 0 N–H and O–H groups in total. The van der Waals surface area contributed by atoms with Gasteiger partial charge in [0, 0.05) is 0 Å². The van der Waals surface area contributed by atoms with E-state index in [0.29, 0.717) is 0 Å². The molecule has 0 rings (SSSR count). The fourth-order valence-electron chi connectivity index (χ4n) is 1.07. The Morgan fingerprint density at radius 2 is 1.00 bits per heavy atom. The number of hydrogen-bond donors (Lipinski definition) is 0. The predicted molar refractivity (Wildman–Crippen MR) is 48.6 cm³/mol. The van der Waals surface area contributed by atoms with Crippen LogP contribution in [0.1, 0.15) is 0 Å². The first-order valence-electron chi connectivity index (χ1n) is 3.99. The third-order valence-corrected chi connectivity index (χ3v) is 4.29. The minimum absolute atomic E-state index is 1.60. The minimum atomic E-state index is -6.77. The smallest absolute Gasteiger partial charge is 0.193 e. The van der Waals surface area contributed by atoms with Crippen molar-refractivity contribution in [1.29, 1.82) is 0 Å². The van der Waals surface area contributed by atoms with E-state index in [-0.39, 0.29) is 0 Å². The second-order valence-electron chi connectivity index (χ2n) is 3.31. The summed E-state index contributed by atoms with van der Waals surface area (Å²) in [5.74, 6) is -11.8. The number of alkyl halides is 12. The van der Waals surface area contributed by atoms with Gasteiger partial charge in [-0.15, -0.1) is 0 Å².